The first kappa shape index (κ1) is 14.6. The molecule has 1 fully saturated rings. The third-order valence-corrected chi connectivity index (χ3v) is 3.77. The largest absolute Gasteiger partial charge is 0.338 e. The molecular weight excluding hydrogens is 302 g/mol. The van der Waals surface area contributed by atoms with Gasteiger partial charge >= 0.3 is 0 Å². The van der Waals surface area contributed by atoms with Crippen molar-refractivity contribution in [3.05, 3.63) is 70.7 Å². The topological polar surface area (TPSA) is 70.2 Å². The van der Waals surface area contributed by atoms with Gasteiger partial charge in [-0.25, -0.2) is 5.43 Å². The summed E-state index contributed by atoms with van der Waals surface area (Å²) in [6, 6.07) is 15.0. The maximum absolute atomic E-state index is 12.3. The maximum Gasteiger partial charge on any atom is 0.258 e. The molecule has 1 aliphatic heterocycles. The summed E-state index contributed by atoms with van der Waals surface area (Å²) in [5.74, 6) is -0.586. The molecular formula is C16H14ClN3O2. The number of carbonyl (C=O) groups is 2. The number of hydrogen-bond donors (Lipinski definition) is 3. The molecule has 2 atom stereocenters. The number of amides is 2. The van der Waals surface area contributed by atoms with Crippen LogP contribution < -0.4 is 16.2 Å². The Hall–Kier alpha value is -2.37. The summed E-state index contributed by atoms with van der Waals surface area (Å²) in [6.07, 6.45) is 0. The predicted molar refractivity (Wildman–Crippen MR) is 83.2 cm³/mol. The summed E-state index contributed by atoms with van der Waals surface area (Å²) in [7, 11) is 0. The van der Waals surface area contributed by atoms with Gasteiger partial charge in [0.05, 0.1) is 6.04 Å². The van der Waals surface area contributed by atoms with Crippen LogP contribution >= 0.6 is 11.6 Å². The van der Waals surface area contributed by atoms with E-state index in [1.54, 1.807) is 24.3 Å². The minimum absolute atomic E-state index is 0.267. The molecule has 2 aromatic rings. The van der Waals surface area contributed by atoms with Crippen molar-refractivity contribution in [2.75, 3.05) is 0 Å². The molecule has 1 saturated heterocycles. The molecule has 3 rings (SSSR count). The first-order valence-electron chi connectivity index (χ1n) is 6.82. The number of hydrogen-bond acceptors (Lipinski definition) is 3. The highest BCUT2D eigenvalue weighted by Gasteiger charge is 2.36. The van der Waals surface area contributed by atoms with Gasteiger partial charge in [0.1, 0.15) is 6.04 Å². The van der Waals surface area contributed by atoms with Crippen LogP contribution in [0.15, 0.2) is 54.6 Å². The van der Waals surface area contributed by atoms with E-state index in [1.807, 2.05) is 30.3 Å². The molecule has 0 saturated carbocycles. The van der Waals surface area contributed by atoms with Crippen LogP contribution in [-0.4, -0.2) is 17.9 Å². The zero-order chi connectivity index (χ0) is 15.5. The molecule has 5 nitrogen and oxygen atoms in total. The van der Waals surface area contributed by atoms with Crippen molar-refractivity contribution in [2.45, 2.75) is 12.1 Å². The van der Waals surface area contributed by atoms with Gasteiger partial charge in [0.25, 0.3) is 11.8 Å². The van der Waals surface area contributed by atoms with E-state index in [0.717, 1.165) is 5.56 Å². The summed E-state index contributed by atoms with van der Waals surface area (Å²) in [4.78, 5) is 24.2. The third kappa shape index (κ3) is 2.95. The van der Waals surface area contributed by atoms with Crippen molar-refractivity contribution in [3.63, 3.8) is 0 Å². The highest BCUT2D eigenvalue weighted by atomic mass is 35.5. The van der Waals surface area contributed by atoms with Crippen molar-refractivity contribution in [1.82, 2.24) is 16.2 Å². The molecule has 1 heterocycles. The molecule has 0 aliphatic carbocycles. The van der Waals surface area contributed by atoms with Crippen LogP contribution in [0.1, 0.15) is 22.0 Å². The van der Waals surface area contributed by atoms with Gasteiger partial charge in [-0.2, -0.15) is 0 Å². The summed E-state index contributed by atoms with van der Waals surface area (Å²) >= 11 is 5.81. The van der Waals surface area contributed by atoms with Crippen LogP contribution in [0.2, 0.25) is 5.02 Å². The molecule has 2 amide bonds. The van der Waals surface area contributed by atoms with E-state index in [2.05, 4.69) is 16.2 Å². The van der Waals surface area contributed by atoms with Crippen LogP contribution in [0.5, 0.6) is 0 Å². The van der Waals surface area contributed by atoms with Crippen molar-refractivity contribution >= 4 is 23.4 Å². The Labute approximate surface area is 132 Å². The van der Waals surface area contributed by atoms with Crippen LogP contribution in [0.4, 0.5) is 0 Å². The Morgan fingerprint density at radius 2 is 1.73 bits per heavy atom. The molecule has 2 aromatic carbocycles. The Morgan fingerprint density at radius 1 is 1.05 bits per heavy atom. The fraction of sp³-hybridized carbons (Fsp3) is 0.125. The van der Waals surface area contributed by atoms with Gasteiger partial charge < -0.3 is 5.32 Å². The number of halogens is 1. The number of carbonyl (C=O) groups excluding carboxylic acids is 2. The van der Waals surface area contributed by atoms with Gasteiger partial charge in [0.15, 0.2) is 0 Å². The second kappa shape index (κ2) is 6.17. The minimum atomic E-state index is -0.675. The first-order valence-corrected chi connectivity index (χ1v) is 7.20. The zero-order valence-electron chi connectivity index (χ0n) is 11.5. The molecule has 0 radical (unpaired) electrons. The van der Waals surface area contributed by atoms with Gasteiger partial charge in [-0.05, 0) is 29.8 Å². The Balaban J connectivity index is 1.78. The second-order valence-electron chi connectivity index (χ2n) is 4.98. The normalized spacial score (nSPS) is 20.5. The van der Waals surface area contributed by atoms with E-state index in [0.29, 0.717) is 10.6 Å². The molecule has 6 heteroatoms. The first-order chi connectivity index (χ1) is 10.6. The van der Waals surface area contributed by atoms with E-state index in [4.69, 9.17) is 11.6 Å². The highest BCUT2D eigenvalue weighted by molar-refractivity contribution is 6.30. The Kier molecular flexibility index (Phi) is 4.09. The minimum Gasteiger partial charge on any atom is -0.338 e. The van der Waals surface area contributed by atoms with E-state index in [1.165, 1.54) is 0 Å². The molecule has 112 valence electrons. The lowest BCUT2D eigenvalue weighted by Gasteiger charge is -2.18. The van der Waals surface area contributed by atoms with E-state index < -0.39 is 6.04 Å². The molecule has 0 unspecified atom stereocenters. The van der Waals surface area contributed by atoms with E-state index in [-0.39, 0.29) is 17.9 Å². The monoisotopic (exact) mass is 315 g/mol. The Morgan fingerprint density at radius 3 is 2.41 bits per heavy atom. The van der Waals surface area contributed by atoms with E-state index >= 15 is 0 Å². The average molecular weight is 316 g/mol. The van der Waals surface area contributed by atoms with Gasteiger partial charge in [0, 0.05) is 10.6 Å². The van der Waals surface area contributed by atoms with Gasteiger partial charge in [0.2, 0.25) is 0 Å². The summed E-state index contributed by atoms with van der Waals surface area (Å²) in [6.45, 7) is 0. The summed E-state index contributed by atoms with van der Waals surface area (Å²) in [5, 5.41) is 3.31. The van der Waals surface area contributed by atoms with Crippen LogP contribution in [0.25, 0.3) is 0 Å². The summed E-state index contributed by atoms with van der Waals surface area (Å²) < 4.78 is 0. The standard InChI is InChI=1S/C16H14ClN3O2/c17-12-8-6-11(7-9-12)15(21)18-14-13(19-20-16(14)22)10-4-2-1-3-5-10/h1-9,13-14,19H,(H,18,21)(H,20,22)/t13-,14-/m0/s1. The predicted octanol–water partition coefficient (Wildman–Crippen LogP) is 1.81. The number of hydrazine groups is 1. The molecule has 3 N–H and O–H groups in total. The lowest BCUT2D eigenvalue weighted by molar-refractivity contribution is -0.121. The maximum atomic E-state index is 12.3. The third-order valence-electron chi connectivity index (χ3n) is 3.52. The average Bonchev–Trinajstić information content (AvgIpc) is 2.90. The zero-order valence-corrected chi connectivity index (χ0v) is 12.3. The molecule has 0 bridgehead atoms. The second-order valence-corrected chi connectivity index (χ2v) is 5.42. The highest BCUT2D eigenvalue weighted by Crippen LogP contribution is 2.20. The lowest BCUT2D eigenvalue weighted by Crippen LogP contribution is -2.42. The Bertz CT molecular complexity index is 688. The van der Waals surface area contributed by atoms with Crippen LogP contribution in [-0.2, 0) is 4.79 Å². The molecule has 1 aliphatic rings. The van der Waals surface area contributed by atoms with Crippen molar-refractivity contribution in [2.24, 2.45) is 0 Å². The number of rotatable bonds is 3. The molecule has 0 spiro atoms. The molecule has 22 heavy (non-hydrogen) atoms. The number of benzene rings is 2. The van der Waals surface area contributed by atoms with Crippen molar-refractivity contribution < 1.29 is 9.59 Å². The SMILES string of the molecule is O=C(N[C@@H]1C(=O)NN[C@H]1c1ccccc1)c1ccc(Cl)cc1. The van der Waals surface area contributed by atoms with Gasteiger partial charge in [-0.15, -0.1) is 0 Å². The van der Waals surface area contributed by atoms with Crippen molar-refractivity contribution in [3.8, 4) is 0 Å². The smallest absolute Gasteiger partial charge is 0.258 e. The fourth-order valence-corrected chi connectivity index (χ4v) is 2.50. The fourth-order valence-electron chi connectivity index (χ4n) is 2.37. The van der Waals surface area contributed by atoms with Crippen LogP contribution in [0.3, 0.4) is 0 Å². The van der Waals surface area contributed by atoms with E-state index in [9.17, 15) is 9.59 Å². The summed E-state index contributed by atoms with van der Waals surface area (Å²) in [5.41, 5.74) is 6.84. The van der Waals surface area contributed by atoms with Crippen molar-refractivity contribution in [1.29, 1.82) is 0 Å². The van der Waals surface area contributed by atoms with Gasteiger partial charge in [-0.1, -0.05) is 41.9 Å². The van der Waals surface area contributed by atoms with Gasteiger partial charge in [-0.3, -0.25) is 15.0 Å². The lowest BCUT2D eigenvalue weighted by atomic mass is 10.0. The quantitative estimate of drug-likeness (QED) is 0.809. The molecule has 0 aromatic heterocycles. The number of nitrogens with one attached hydrogen (secondary N) is 3. The van der Waals surface area contributed by atoms with Crippen LogP contribution in [0, 0.1) is 0 Å².